The van der Waals surface area contributed by atoms with Crippen LogP contribution >= 0.6 is 0 Å². The summed E-state index contributed by atoms with van der Waals surface area (Å²) < 4.78 is 25.8. The highest BCUT2D eigenvalue weighted by molar-refractivity contribution is 7.89. The second-order valence-corrected chi connectivity index (χ2v) is 11.0. The summed E-state index contributed by atoms with van der Waals surface area (Å²) in [7, 11) is 3.10. The summed E-state index contributed by atoms with van der Waals surface area (Å²) in [5, 5.41) is 11.1. The molecule has 3 rings (SSSR count). The predicted octanol–water partition coefficient (Wildman–Crippen LogP) is 2.62. The minimum atomic E-state index is -3.64. The molecule has 2 aromatic carbocycles. The number of aliphatic hydroxyl groups is 1. The van der Waals surface area contributed by atoms with E-state index in [9.17, 15) is 23.1 Å². The van der Waals surface area contributed by atoms with Gasteiger partial charge in [-0.05, 0) is 63.8 Å². The van der Waals surface area contributed by atoms with E-state index in [2.05, 4.69) is 0 Å². The molecule has 1 amide bonds. The van der Waals surface area contributed by atoms with Crippen molar-refractivity contribution in [3.05, 3.63) is 70.8 Å². The molecule has 1 unspecified atom stereocenters. The van der Waals surface area contributed by atoms with Gasteiger partial charge in [0.2, 0.25) is 10.0 Å². The average Bonchev–Trinajstić information content (AvgIpc) is 3.04. The number of ketones is 1. The van der Waals surface area contributed by atoms with E-state index >= 15 is 0 Å². The fourth-order valence-corrected chi connectivity index (χ4v) is 4.82. The van der Waals surface area contributed by atoms with E-state index in [-0.39, 0.29) is 21.8 Å². The molecule has 1 heterocycles. The van der Waals surface area contributed by atoms with Crippen molar-refractivity contribution in [1.82, 2.24) is 14.1 Å². The zero-order chi connectivity index (χ0) is 25.2. The molecule has 0 aromatic heterocycles. The van der Waals surface area contributed by atoms with Crippen molar-refractivity contribution in [1.29, 1.82) is 0 Å². The van der Waals surface area contributed by atoms with Gasteiger partial charge in [-0.25, -0.2) is 12.7 Å². The molecule has 1 fully saturated rings. The molecular weight excluding hydrogens is 454 g/mol. The molecule has 1 saturated heterocycles. The number of Topliss-reactive ketones (excluding diaryl/α,β-unsaturated/α-hetero) is 1. The molecule has 1 N–H and O–H groups in total. The van der Waals surface area contributed by atoms with Crippen molar-refractivity contribution in [3.8, 4) is 0 Å². The Morgan fingerprint density at radius 1 is 0.971 bits per heavy atom. The third kappa shape index (κ3) is 5.06. The number of benzene rings is 2. The smallest absolute Gasteiger partial charge is 0.295 e. The molecular formula is C25H31N3O5S. The van der Waals surface area contributed by atoms with Gasteiger partial charge in [0, 0.05) is 26.2 Å². The van der Waals surface area contributed by atoms with Gasteiger partial charge in [0.15, 0.2) is 0 Å². The third-order valence-electron chi connectivity index (χ3n) is 5.84. The van der Waals surface area contributed by atoms with Crippen molar-refractivity contribution in [2.45, 2.75) is 24.3 Å². The lowest BCUT2D eigenvalue weighted by atomic mass is 9.94. The van der Waals surface area contributed by atoms with Crippen LogP contribution in [-0.4, -0.2) is 80.6 Å². The van der Waals surface area contributed by atoms with Crippen LogP contribution in [0.25, 0.3) is 5.76 Å². The highest BCUT2D eigenvalue weighted by atomic mass is 32.2. The topological polar surface area (TPSA) is 98.2 Å². The van der Waals surface area contributed by atoms with Crippen LogP contribution in [0.1, 0.15) is 29.2 Å². The third-order valence-corrected chi connectivity index (χ3v) is 7.67. The van der Waals surface area contributed by atoms with Crippen LogP contribution in [0.4, 0.5) is 0 Å². The van der Waals surface area contributed by atoms with Gasteiger partial charge < -0.3 is 14.9 Å². The lowest BCUT2D eigenvalue weighted by Crippen LogP contribution is -2.32. The molecule has 0 bridgehead atoms. The van der Waals surface area contributed by atoms with Crippen molar-refractivity contribution in [2.75, 3.05) is 41.3 Å². The first-order valence-corrected chi connectivity index (χ1v) is 12.4. The molecule has 182 valence electrons. The number of carbonyl (C=O) groups excluding carboxylic acids is 2. The van der Waals surface area contributed by atoms with E-state index in [4.69, 9.17) is 0 Å². The Hall–Kier alpha value is -3.01. The number of hydrogen-bond acceptors (Lipinski definition) is 6. The van der Waals surface area contributed by atoms with Crippen LogP contribution in [0, 0.1) is 6.92 Å². The van der Waals surface area contributed by atoms with E-state index in [1.165, 1.54) is 43.3 Å². The Morgan fingerprint density at radius 3 is 2.09 bits per heavy atom. The van der Waals surface area contributed by atoms with E-state index in [0.717, 1.165) is 22.0 Å². The normalized spacial score (nSPS) is 18.3. The van der Waals surface area contributed by atoms with Gasteiger partial charge in [-0.1, -0.05) is 29.8 Å². The monoisotopic (exact) mass is 485 g/mol. The van der Waals surface area contributed by atoms with Gasteiger partial charge in [0.1, 0.15) is 5.76 Å². The van der Waals surface area contributed by atoms with Crippen molar-refractivity contribution < 1.29 is 23.1 Å². The van der Waals surface area contributed by atoms with Crippen LogP contribution in [-0.2, 0) is 19.6 Å². The van der Waals surface area contributed by atoms with E-state index < -0.39 is 27.8 Å². The fourth-order valence-electron chi connectivity index (χ4n) is 3.91. The van der Waals surface area contributed by atoms with Gasteiger partial charge in [0.25, 0.3) is 11.7 Å². The minimum absolute atomic E-state index is 0.00178. The largest absolute Gasteiger partial charge is 0.507 e. The summed E-state index contributed by atoms with van der Waals surface area (Å²) in [6.45, 7) is 3.05. The number of sulfonamides is 1. The maximum absolute atomic E-state index is 13.1. The maximum atomic E-state index is 13.1. The fraction of sp³-hybridized carbons (Fsp3) is 0.360. The van der Waals surface area contributed by atoms with Gasteiger partial charge in [-0.3, -0.25) is 9.59 Å². The first-order valence-electron chi connectivity index (χ1n) is 11.0. The Labute approximate surface area is 201 Å². The lowest BCUT2D eigenvalue weighted by molar-refractivity contribution is -0.139. The number of carbonyl (C=O) groups is 2. The molecule has 0 spiro atoms. The highest BCUT2D eigenvalue weighted by Crippen LogP contribution is 2.39. The second kappa shape index (κ2) is 10.1. The van der Waals surface area contributed by atoms with Crippen LogP contribution < -0.4 is 0 Å². The number of nitrogens with zero attached hydrogens (tertiary/aromatic N) is 3. The molecule has 0 radical (unpaired) electrons. The summed E-state index contributed by atoms with van der Waals surface area (Å²) in [6.07, 6.45) is 0.666. The number of hydrogen-bond donors (Lipinski definition) is 1. The molecule has 1 aliphatic heterocycles. The van der Waals surface area contributed by atoms with E-state index in [1.54, 1.807) is 0 Å². The number of rotatable bonds is 8. The zero-order valence-electron chi connectivity index (χ0n) is 20.1. The van der Waals surface area contributed by atoms with E-state index in [1.807, 2.05) is 50.2 Å². The SMILES string of the molecule is Cc1ccc(C2/C(=C(\O)c3ccc(S(=O)(=O)N(C)C)cc3)C(=O)C(=O)N2CCCN(C)C)cc1. The van der Waals surface area contributed by atoms with Gasteiger partial charge >= 0.3 is 0 Å². The van der Waals surface area contributed by atoms with Gasteiger partial charge in [-0.15, -0.1) is 0 Å². The standard InChI is InChI=1S/C25H31N3O5S/c1-17-7-9-18(10-8-17)22-21(24(30)25(31)28(22)16-6-15-26(2)3)23(29)19-11-13-20(14-12-19)34(32,33)27(4)5/h7-14,22,29H,6,15-16H2,1-5H3/b23-21+. The van der Waals surface area contributed by atoms with Crippen molar-refractivity contribution >= 4 is 27.5 Å². The predicted molar refractivity (Wildman–Crippen MR) is 131 cm³/mol. The zero-order valence-corrected chi connectivity index (χ0v) is 21.0. The summed E-state index contributed by atoms with van der Waals surface area (Å²) >= 11 is 0. The van der Waals surface area contributed by atoms with Crippen molar-refractivity contribution in [3.63, 3.8) is 0 Å². The van der Waals surface area contributed by atoms with Gasteiger partial charge in [-0.2, -0.15) is 0 Å². The molecule has 34 heavy (non-hydrogen) atoms. The summed E-state index contributed by atoms with van der Waals surface area (Å²) in [4.78, 5) is 29.6. The first-order chi connectivity index (χ1) is 15.9. The minimum Gasteiger partial charge on any atom is -0.507 e. The molecule has 2 aromatic rings. The number of aryl methyl sites for hydroxylation is 1. The molecule has 9 heteroatoms. The van der Waals surface area contributed by atoms with Crippen LogP contribution in [0.15, 0.2) is 59.0 Å². The number of likely N-dealkylation sites (tertiary alicyclic amines) is 1. The highest BCUT2D eigenvalue weighted by Gasteiger charge is 2.45. The number of aliphatic hydroxyl groups excluding tert-OH is 1. The van der Waals surface area contributed by atoms with Crippen LogP contribution in [0.5, 0.6) is 0 Å². The summed E-state index contributed by atoms with van der Waals surface area (Å²) in [5.74, 6) is -1.73. The molecule has 1 aliphatic rings. The molecule has 1 atom stereocenters. The van der Waals surface area contributed by atoms with E-state index in [0.29, 0.717) is 13.0 Å². The Balaban J connectivity index is 2.08. The van der Waals surface area contributed by atoms with Crippen LogP contribution in [0.3, 0.4) is 0 Å². The average molecular weight is 486 g/mol. The molecule has 8 nitrogen and oxygen atoms in total. The summed E-state index contributed by atoms with van der Waals surface area (Å²) in [5.41, 5.74) is 2.03. The van der Waals surface area contributed by atoms with Crippen molar-refractivity contribution in [2.24, 2.45) is 0 Å². The summed E-state index contributed by atoms with van der Waals surface area (Å²) in [6, 6.07) is 12.4. The number of amides is 1. The molecule has 0 aliphatic carbocycles. The second-order valence-electron chi connectivity index (χ2n) is 8.87. The Morgan fingerprint density at radius 2 is 1.56 bits per heavy atom. The maximum Gasteiger partial charge on any atom is 0.295 e. The van der Waals surface area contributed by atoms with Gasteiger partial charge in [0.05, 0.1) is 16.5 Å². The lowest BCUT2D eigenvalue weighted by Gasteiger charge is -2.26. The Bertz CT molecular complexity index is 1200. The molecule has 0 saturated carbocycles. The quantitative estimate of drug-likeness (QED) is 0.351. The van der Waals surface area contributed by atoms with Crippen LogP contribution in [0.2, 0.25) is 0 Å². The Kier molecular flexibility index (Phi) is 7.60. The first kappa shape index (κ1) is 25.6.